The van der Waals surface area contributed by atoms with Crippen molar-refractivity contribution in [1.82, 2.24) is 0 Å². The van der Waals surface area contributed by atoms with Crippen molar-refractivity contribution in [3.8, 4) is 5.75 Å². The van der Waals surface area contributed by atoms with Crippen LogP contribution in [0.5, 0.6) is 5.75 Å². The Hall–Kier alpha value is -1.74. The van der Waals surface area contributed by atoms with Crippen LogP contribution >= 0.6 is 31.9 Å². The molecule has 1 saturated carbocycles. The van der Waals surface area contributed by atoms with Crippen LogP contribution < -0.4 is 10.1 Å². The van der Waals surface area contributed by atoms with Gasteiger partial charge < -0.3 is 15.2 Å². The molecule has 0 atom stereocenters. The highest BCUT2D eigenvalue weighted by atomic mass is 79.9. The molecule has 1 fully saturated rings. The van der Waals surface area contributed by atoms with Crippen molar-refractivity contribution < 1.29 is 27.8 Å². The summed E-state index contributed by atoms with van der Waals surface area (Å²) in [4.78, 5) is 10.8. The van der Waals surface area contributed by atoms with Gasteiger partial charge in [-0.2, -0.15) is 13.2 Å². The van der Waals surface area contributed by atoms with Crippen LogP contribution in [0.25, 0.3) is 0 Å². The van der Waals surface area contributed by atoms with E-state index in [0.717, 1.165) is 37.0 Å². The van der Waals surface area contributed by atoms with E-state index in [1.807, 2.05) is 0 Å². The number of nitrogens with one attached hydrogen (secondary N) is 1. The lowest BCUT2D eigenvalue weighted by atomic mass is 9.93. The molecule has 162 valence electrons. The maximum Gasteiger partial charge on any atom is 0.416 e. The van der Waals surface area contributed by atoms with E-state index < -0.39 is 17.7 Å². The van der Waals surface area contributed by atoms with Gasteiger partial charge in [0.1, 0.15) is 12.4 Å². The summed E-state index contributed by atoms with van der Waals surface area (Å²) in [6.07, 6.45) is -1.10. The first-order chi connectivity index (χ1) is 14.1. The van der Waals surface area contributed by atoms with E-state index in [0.29, 0.717) is 32.4 Å². The van der Waals surface area contributed by atoms with Crippen LogP contribution in [0.3, 0.4) is 0 Å². The first kappa shape index (κ1) is 22.9. The second kappa shape index (κ2) is 9.60. The third kappa shape index (κ3) is 6.14. The van der Waals surface area contributed by atoms with Crippen molar-refractivity contribution >= 4 is 43.5 Å². The molecular formula is C21H20Br2F3NO3. The molecule has 0 radical (unpaired) electrons. The SMILES string of the molecule is O=C(O)CCc1cc(Br)c(OCc2cc(NC3CCC3)cc(C(F)(F)F)c2)c(Br)c1. The van der Waals surface area contributed by atoms with Crippen LogP contribution in [-0.2, 0) is 24.0 Å². The molecule has 2 aromatic carbocycles. The lowest BCUT2D eigenvalue weighted by Gasteiger charge is -2.28. The van der Waals surface area contributed by atoms with Crippen LogP contribution in [0.4, 0.5) is 18.9 Å². The molecular weight excluding hydrogens is 531 g/mol. The van der Waals surface area contributed by atoms with Crippen LogP contribution in [0.15, 0.2) is 39.3 Å². The molecule has 0 heterocycles. The van der Waals surface area contributed by atoms with E-state index in [1.54, 1.807) is 18.2 Å². The fraction of sp³-hybridized carbons (Fsp3) is 0.381. The number of ether oxygens (including phenoxy) is 1. The highest BCUT2D eigenvalue weighted by Gasteiger charge is 2.31. The highest BCUT2D eigenvalue weighted by Crippen LogP contribution is 2.37. The highest BCUT2D eigenvalue weighted by molar-refractivity contribution is 9.11. The van der Waals surface area contributed by atoms with Crippen LogP contribution in [0.1, 0.15) is 42.4 Å². The maximum absolute atomic E-state index is 13.3. The molecule has 4 nitrogen and oxygen atoms in total. The fourth-order valence-electron chi connectivity index (χ4n) is 3.11. The third-order valence-corrected chi connectivity index (χ3v) is 6.04. The van der Waals surface area contributed by atoms with Gasteiger partial charge in [-0.3, -0.25) is 4.79 Å². The molecule has 30 heavy (non-hydrogen) atoms. The van der Waals surface area contributed by atoms with Crippen molar-refractivity contribution in [2.24, 2.45) is 0 Å². The van der Waals surface area contributed by atoms with Crippen molar-refractivity contribution in [3.05, 3.63) is 56.0 Å². The van der Waals surface area contributed by atoms with Crippen molar-refractivity contribution in [3.63, 3.8) is 0 Å². The van der Waals surface area contributed by atoms with Gasteiger partial charge in [-0.1, -0.05) is 0 Å². The van der Waals surface area contributed by atoms with Crippen LogP contribution in [-0.4, -0.2) is 17.1 Å². The molecule has 0 aromatic heterocycles. The van der Waals surface area contributed by atoms with E-state index >= 15 is 0 Å². The summed E-state index contributed by atoms with van der Waals surface area (Å²) in [5, 5.41) is 12.0. The minimum Gasteiger partial charge on any atom is -0.487 e. The van der Waals surface area contributed by atoms with Gasteiger partial charge in [0, 0.05) is 18.2 Å². The Balaban J connectivity index is 1.77. The Morgan fingerprint density at radius 1 is 1.10 bits per heavy atom. The number of carboxylic acids is 1. The second-order valence-electron chi connectivity index (χ2n) is 7.26. The van der Waals surface area contributed by atoms with Gasteiger partial charge in [-0.25, -0.2) is 0 Å². The van der Waals surface area contributed by atoms with Gasteiger partial charge in [0.05, 0.1) is 14.5 Å². The second-order valence-corrected chi connectivity index (χ2v) is 8.97. The summed E-state index contributed by atoms with van der Waals surface area (Å²) in [5.41, 5.74) is 0.929. The van der Waals surface area contributed by atoms with Gasteiger partial charge in [-0.05, 0) is 99.0 Å². The number of aryl methyl sites for hydroxylation is 1. The van der Waals surface area contributed by atoms with Gasteiger partial charge in [0.15, 0.2) is 0 Å². The van der Waals surface area contributed by atoms with E-state index in [2.05, 4.69) is 37.2 Å². The zero-order chi connectivity index (χ0) is 21.9. The Kier molecular flexibility index (Phi) is 7.34. The fourth-order valence-corrected chi connectivity index (χ4v) is 4.62. The zero-order valence-corrected chi connectivity index (χ0v) is 19.0. The number of carboxylic acid groups (broad SMARTS) is 1. The molecule has 0 unspecified atom stereocenters. The molecule has 3 rings (SSSR count). The quantitative estimate of drug-likeness (QED) is 0.380. The molecule has 1 aliphatic rings. The monoisotopic (exact) mass is 549 g/mol. The van der Waals surface area contributed by atoms with Crippen molar-refractivity contribution in [2.45, 2.75) is 50.9 Å². The number of hydrogen-bond donors (Lipinski definition) is 2. The lowest BCUT2D eigenvalue weighted by molar-refractivity contribution is -0.138. The molecule has 0 amide bonds. The van der Waals surface area contributed by atoms with E-state index in [4.69, 9.17) is 9.84 Å². The normalized spacial score (nSPS) is 14.3. The van der Waals surface area contributed by atoms with E-state index in [-0.39, 0.29) is 19.1 Å². The van der Waals surface area contributed by atoms with Crippen molar-refractivity contribution in [1.29, 1.82) is 0 Å². The smallest absolute Gasteiger partial charge is 0.416 e. The number of alkyl halides is 3. The summed E-state index contributed by atoms with van der Waals surface area (Å²) in [6, 6.07) is 7.61. The number of benzene rings is 2. The van der Waals surface area contributed by atoms with E-state index in [9.17, 15) is 18.0 Å². The zero-order valence-electron chi connectivity index (χ0n) is 15.9. The first-order valence-electron chi connectivity index (χ1n) is 9.42. The molecule has 0 spiro atoms. The minimum atomic E-state index is -4.45. The average Bonchev–Trinajstić information content (AvgIpc) is 2.61. The van der Waals surface area contributed by atoms with Gasteiger partial charge in [0.25, 0.3) is 0 Å². The van der Waals surface area contributed by atoms with Gasteiger partial charge in [-0.15, -0.1) is 0 Å². The van der Waals surface area contributed by atoms with Crippen LogP contribution in [0.2, 0.25) is 0 Å². The Labute approximate surface area is 189 Å². The van der Waals surface area contributed by atoms with Crippen LogP contribution in [0, 0.1) is 0 Å². The lowest BCUT2D eigenvalue weighted by Crippen LogP contribution is -2.27. The van der Waals surface area contributed by atoms with Gasteiger partial charge >= 0.3 is 12.1 Å². The number of halogens is 5. The summed E-state index contributed by atoms with van der Waals surface area (Å²) < 4.78 is 46.9. The Morgan fingerprint density at radius 3 is 2.30 bits per heavy atom. The number of aliphatic carboxylic acids is 1. The minimum absolute atomic E-state index is 0.0000886. The largest absolute Gasteiger partial charge is 0.487 e. The third-order valence-electron chi connectivity index (χ3n) is 4.86. The molecule has 2 aromatic rings. The topological polar surface area (TPSA) is 58.6 Å². The summed E-state index contributed by atoms with van der Waals surface area (Å²) in [7, 11) is 0. The Bertz CT molecular complexity index is 907. The Morgan fingerprint density at radius 2 is 1.77 bits per heavy atom. The molecule has 0 bridgehead atoms. The molecule has 9 heteroatoms. The summed E-state index contributed by atoms with van der Waals surface area (Å²) in [6.45, 7) is -0.0467. The molecule has 2 N–H and O–H groups in total. The molecule has 0 aliphatic heterocycles. The number of rotatable bonds is 8. The van der Waals surface area contributed by atoms with Crippen molar-refractivity contribution in [2.75, 3.05) is 5.32 Å². The van der Waals surface area contributed by atoms with Gasteiger partial charge in [0.2, 0.25) is 0 Å². The predicted octanol–water partition coefficient (Wildman–Crippen LogP) is 6.79. The average molecular weight is 551 g/mol. The number of hydrogen-bond acceptors (Lipinski definition) is 3. The number of anilines is 1. The maximum atomic E-state index is 13.3. The van der Waals surface area contributed by atoms with E-state index in [1.165, 1.54) is 0 Å². The standard InChI is InChI=1S/C21H20Br2F3NO3/c22-17-8-12(4-5-19(28)29)9-18(23)20(17)30-11-13-6-14(21(24,25)26)10-16(7-13)27-15-2-1-3-15/h6-10,15,27H,1-5,11H2,(H,28,29). The summed E-state index contributed by atoms with van der Waals surface area (Å²) >= 11 is 6.79. The molecule has 0 saturated heterocycles. The molecule has 1 aliphatic carbocycles. The number of carbonyl (C=O) groups is 1. The summed E-state index contributed by atoms with van der Waals surface area (Å²) in [5.74, 6) is -0.446. The predicted molar refractivity (Wildman–Crippen MR) is 115 cm³/mol. The first-order valence-corrected chi connectivity index (χ1v) is 11.0.